The van der Waals surface area contributed by atoms with Gasteiger partial charge in [0.15, 0.2) is 0 Å². The molecule has 2 nitrogen and oxygen atoms in total. The van der Waals surface area contributed by atoms with Gasteiger partial charge >= 0.3 is 0 Å². The summed E-state index contributed by atoms with van der Waals surface area (Å²) in [5, 5.41) is 3.29. The summed E-state index contributed by atoms with van der Waals surface area (Å²) in [6.45, 7) is 3.67. The molecule has 0 bridgehead atoms. The van der Waals surface area contributed by atoms with E-state index in [-0.39, 0.29) is 36.1 Å². The highest BCUT2D eigenvalue weighted by molar-refractivity contribution is 5.85. The van der Waals surface area contributed by atoms with Gasteiger partial charge in [0.1, 0.15) is 11.6 Å². The molecule has 1 aromatic carbocycles. The number of hydrogen-bond acceptors (Lipinski definition) is 2. The Morgan fingerprint density at radius 3 is 2.71 bits per heavy atom. The summed E-state index contributed by atoms with van der Waals surface area (Å²) in [7, 11) is 0. The number of nitrogens with one attached hydrogen (secondary N) is 1. The van der Waals surface area contributed by atoms with Crippen molar-refractivity contribution in [1.82, 2.24) is 5.32 Å². The maximum absolute atomic E-state index is 13.8. The number of rotatable bonds is 0. The van der Waals surface area contributed by atoms with Crippen molar-refractivity contribution in [2.24, 2.45) is 0 Å². The van der Waals surface area contributed by atoms with E-state index in [1.165, 1.54) is 12.1 Å². The first-order valence-corrected chi connectivity index (χ1v) is 5.64. The van der Waals surface area contributed by atoms with E-state index in [4.69, 9.17) is 0 Å². The van der Waals surface area contributed by atoms with E-state index < -0.39 is 0 Å². The average Bonchev–Trinajstić information content (AvgIpc) is 2.65. The molecule has 2 aliphatic heterocycles. The van der Waals surface area contributed by atoms with E-state index in [2.05, 4.69) is 5.32 Å². The number of benzene rings is 1. The van der Waals surface area contributed by atoms with Crippen LogP contribution in [0.4, 0.5) is 14.5 Å². The summed E-state index contributed by atoms with van der Waals surface area (Å²) in [6.07, 6.45) is 0.607. The van der Waals surface area contributed by atoms with Crippen molar-refractivity contribution in [2.45, 2.75) is 25.4 Å². The molecule has 1 saturated heterocycles. The Hall–Kier alpha value is -0.870. The zero-order valence-corrected chi connectivity index (χ0v) is 10.4. The van der Waals surface area contributed by atoms with Crippen LogP contribution in [0.1, 0.15) is 12.5 Å². The van der Waals surface area contributed by atoms with Gasteiger partial charge < -0.3 is 10.2 Å². The number of piperazine rings is 1. The SMILES string of the molecule is CC1CNC[C@H]2Cc3c(F)ccc(F)c3N12.Cl. The van der Waals surface area contributed by atoms with Crippen LogP contribution in [0.3, 0.4) is 0 Å². The van der Waals surface area contributed by atoms with Crippen LogP contribution in [-0.2, 0) is 6.42 Å². The standard InChI is InChI=1S/C12H14F2N2.ClH/c1-7-5-15-6-8-4-9-10(13)2-3-11(14)12(9)16(7)8;/h2-3,7-8,15H,4-6H2,1H3;1H/t7?,8-;/m1./s1. The molecule has 94 valence electrons. The topological polar surface area (TPSA) is 15.3 Å². The minimum absolute atomic E-state index is 0. The lowest BCUT2D eigenvalue weighted by atomic mass is 10.1. The van der Waals surface area contributed by atoms with Crippen LogP contribution in [-0.4, -0.2) is 25.2 Å². The van der Waals surface area contributed by atoms with Crippen LogP contribution >= 0.6 is 12.4 Å². The number of nitrogens with zero attached hydrogens (tertiary/aromatic N) is 1. The molecule has 0 amide bonds. The molecule has 0 saturated carbocycles. The lowest BCUT2D eigenvalue weighted by Gasteiger charge is -2.38. The van der Waals surface area contributed by atoms with E-state index in [1.807, 2.05) is 11.8 Å². The molecular formula is C12H15ClF2N2. The monoisotopic (exact) mass is 260 g/mol. The van der Waals surface area contributed by atoms with Gasteiger partial charge in [-0.3, -0.25) is 0 Å². The Bertz CT molecular complexity index is 439. The van der Waals surface area contributed by atoms with Gasteiger partial charge in [0.2, 0.25) is 0 Å². The highest BCUT2D eigenvalue weighted by Gasteiger charge is 2.38. The quantitative estimate of drug-likeness (QED) is 0.769. The first-order chi connectivity index (χ1) is 7.68. The molecular weight excluding hydrogens is 246 g/mol. The summed E-state index contributed by atoms with van der Waals surface area (Å²) < 4.78 is 27.4. The summed E-state index contributed by atoms with van der Waals surface area (Å²) in [5.74, 6) is -0.578. The fraction of sp³-hybridized carbons (Fsp3) is 0.500. The largest absolute Gasteiger partial charge is 0.360 e. The maximum Gasteiger partial charge on any atom is 0.147 e. The average molecular weight is 261 g/mol. The van der Waals surface area contributed by atoms with Crippen molar-refractivity contribution in [2.75, 3.05) is 18.0 Å². The number of halogens is 3. The fourth-order valence-corrected chi connectivity index (χ4v) is 2.88. The van der Waals surface area contributed by atoms with Crippen LogP contribution in [0.5, 0.6) is 0 Å². The van der Waals surface area contributed by atoms with E-state index in [1.54, 1.807) is 0 Å². The molecule has 1 N–H and O–H groups in total. The second-order valence-electron chi connectivity index (χ2n) is 4.63. The third-order valence-corrected chi connectivity index (χ3v) is 3.56. The van der Waals surface area contributed by atoms with Crippen LogP contribution in [0.25, 0.3) is 0 Å². The van der Waals surface area contributed by atoms with Gasteiger partial charge in [-0.05, 0) is 25.5 Å². The lowest BCUT2D eigenvalue weighted by molar-refractivity contribution is 0.425. The number of anilines is 1. The molecule has 0 radical (unpaired) electrons. The first-order valence-electron chi connectivity index (χ1n) is 5.64. The summed E-state index contributed by atoms with van der Waals surface area (Å²) in [6, 6.07) is 2.87. The molecule has 3 rings (SSSR count). The Balaban J connectivity index is 0.00000108. The predicted octanol–water partition coefficient (Wildman–Crippen LogP) is 2.11. The Labute approximate surface area is 105 Å². The van der Waals surface area contributed by atoms with Gasteiger partial charge in [-0.2, -0.15) is 0 Å². The molecule has 5 heteroatoms. The Morgan fingerprint density at radius 2 is 1.94 bits per heavy atom. The van der Waals surface area contributed by atoms with Crippen molar-refractivity contribution in [3.05, 3.63) is 29.3 Å². The lowest BCUT2D eigenvalue weighted by Crippen LogP contribution is -2.55. The minimum Gasteiger partial charge on any atom is -0.360 e. The molecule has 0 aromatic heterocycles. The Kier molecular flexibility index (Phi) is 3.27. The van der Waals surface area contributed by atoms with Crippen LogP contribution in [0.2, 0.25) is 0 Å². The van der Waals surface area contributed by atoms with Crippen molar-refractivity contribution in [1.29, 1.82) is 0 Å². The van der Waals surface area contributed by atoms with Gasteiger partial charge in [0.25, 0.3) is 0 Å². The third kappa shape index (κ3) is 1.79. The van der Waals surface area contributed by atoms with Gasteiger partial charge in [-0.1, -0.05) is 0 Å². The molecule has 2 heterocycles. The van der Waals surface area contributed by atoms with Gasteiger partial charge in [-0.25, -0.2) is 8.78 Å². The molecule has 0 aliphatic carbocycles. The molecule has 1 fully saturated rings. The zero-order chi connectivity index (χ0) is 11.3. The Morgan fingerprint density at radius 1 is 1.24 bits per heavy atom. The second kappa shape index (κ2) is 4.42. The summed E-state index contributed by atoms with van der Waals surface area (Å²) in [4.78, 5) is 2.03. The highest BCUT2D eigenvalue weighted by atomic mass is 35.5. The van der Waals surface area contributed by atoms with Gasteiger partial charge in [0, 0.05) is 30.7 Å². The van der Waals surface area contributed by atoms with Crippen molar-refractivity contribution >= 4 is 18.1 Å². The first kappa shape index (κ1) is 12.6. The highest BCUT2D eigenvalue weighted by Crippen LogP contribution is 2.38. The zero-order valence-electron chi connectivity index (χ0n) is 9.54. The normalized spacial score (nSPS) is 26.2. The molecule has 17 heavy (non-hydrogen) atoms. The minimum atomic E-state index is -0.298. The fourth-order valence-electron chi connectivity index (χ4n) is 2.88. The van der Waals surface area contributed by atoms with Crippen LogP contribution in [0, 0.1) is 11.6 Å². The number of hydrogen-bond donors (Lipinski definition) is 1. The second-order valence-corrected chi connectivity index (χ2v) is 4.63. The smallest absolute Gasteiger partial charge is 0.147 e. The van der Waals surface area contributed by atoms with Crippen molar-refractivity contribution < 1.29 is 8.78 Å². The molecule has 2 aliphatic rings. The van der Waals surface area contributed by atoms with Gasteiger partial charge in [-0.15, -0.1) is 12.4 Å². The van der Waals surface area contributed by atoms with E-state index in [9.17, 15) is 8.78 Å². The summed E-state index contributed by atoms with van der Waals surface area (Å²) in [5.41, 5.74) is 1.03. The molecule has 2 atom stereocenters. The van der Waals surface area contributed by atoms with E-state index >= 15 is 0 Å². The molecule has 1 aromatic rings. The molecule has 1 unspecified atom stereocenters. The van der Waals surface area contributed by atoms with Crippen LogP contribution in [0.15, 0.2) is 12.1 Å². The third-order valence-electron chi connectivity index (χ3n) is 3.56. The number of fused-ring (bicyclic) bond motifs is 3. The van der Waals surface area contributed by atoms with Crippen molar-refractivity contribution in [3.63, 3.8) is 0 Å². The van der Waals surface area contributed by atoms with E-state index in [0.29, 0.717) is 17.7 Å². The van der Waals surface area contributed by atoms with E-state index in [0.717, 1.165) is 13.1 Å². The van der Waals surface area contributed by atoms with Gasteiger partial charge in [0.05, 0.1) is 5.69 Å². The predicted molar refractivity (Wildman–Crippen MR) is 65.9 cm³/mol. The van der Waals surface area contributed by atoms with Crippen molar-refractivity contribution in [3.8, 4) is 0 Å². The maximum atomic E-state index is 13.8. The molecule has 0 spiro atoms. The van der Waals surface area contributed by atoms with Crippen LogP contribution < -0.4 is 10.2 Å². The summed E-state index contributed by atoms with van der Waals surface area (Å²) >= 11 is 0.